The second-order valence-corrected chi connectivity index (χ2v) is 7.50. The molecule has 3 N–H and O–H groups in total. The van der Waals surface area contributed by atoms with Crippen molar-refractivity contribution in [1.29, 1.82) is 0 Å². The van der Waals surface area contributed by atoms with Crippen molar-refractivity contribution < 1.29 is 10.2 Å². The summed E-state index contributed by atoms with van der Waals surface area (Å²) in [4.78, 5) is 14.4. The van der Waals surface area contributed by atoms with Crippen LogP contribution in [0.2, 0.25) is 0 Å². The molecule has 1 saturated heterocycles. The Bertz CT molecular complexity index is 818. The van der Waals surface area contributed by atoms with Gasteiger partial charge in [0.1, 0.15) is 5.75 Å². The average molecular weight is 355 g/mol. The van der Waals surface area contributed by atoms with Crippen LogP contribution in [0.25, 0.3) is 0 Å². The molecule has 6 heteroatoms. The molecule has 0 saturated carbocycles. The molecule has 2 aliphatic heterocycles. The predicted octanol–water partition coefficient (Wildman–Crippen LogP) is 1.45. The van der Waals surface area contributed by atoms with Gasteiger partial charge in [0.05, 0.1) is 6.10 Å². The fourth-order valence-corrected chi connectivity index (χ4v) is 4.32. The molecule has 6 nitrogen and oxygen atoms in total. The van der Waals surface area contributed by atoms with E-state index in [2.05, 4.69) is 16.3 Å². The smallest absolute Gasteiger partial charge is 0.250 e. The van der Waals surface area contributed by atoms with Gasteiger partial charge in [-0.1, -0.05) is 6.07 Å². The van der Waals surface area contributed by atoms with Gasteiger partial charge >= 0.3 is 0 Å². The number of pyridine rings is 1. The quantitative estimate of drug-likeness (QED) is 0.708. The van der Waals surface area contributed by atoms with Gasteiger partial charge in [-0.2, -0.15) is 0 Å². The highest BCUT2D eigenvalue weighted by molar-refractivity contribution is 5.45. The van der Waals surface area contributed by atoms with Crippen LogP contribution in [-0.2, 0) is 6.54 Å². The van der Waals surface area contributed by atoms with E-state index in [4.69, 9.17) is 0 Å². The molecule has 0 amide bonds. The number of phenols is 1. The minimum absolute atomic E-state index is 0.101. The summed E-state index contributed by atoms with van der Waals surface area (Å²) in [6, 6.07) is 12.4. The Balaban J connectivity index is 1.35. The highest BCUT2D eigenvalue weighted by atomic mass is 16.3. The van der Waals surface area contributed by atoms with Crippen LogP contribution in [0, 0.1) is 5.92 Å². The van der Waals surface area contributed by atoms with Crippen molar-refractivity contribution >= 4 is 5.69 Å². The molecule has 2 aliphatic rings. The number of aromatic nitrogens is 1. The lowest BCUT2D eigenvalue weighted by Crippen LogP contribution is -2.49. The second-order valence-electron chi connectivity index (χ2n) is 7.50. The number of rotatable bonds is 5. The zero-order chi connectivity index (χ0) is 18.1. The van der Waals surface area contributed by atoms with Gasteiger partial charge in [-0.3, -0.25) is 9.69 Å². The summed E-state index contributed by atoms with van der Waals surface area (Å²) in [7, 11) is 0. The number of hydrogen-bond acceptors (Lipinski definition) is 5. The number of likely N-dealkylation sites (tertiary alicyclic amines) is 1. The van der Waals surface area contributed by atoms with Gasteiger partial charge in [0.2, 0.25) is 0 Å². The van der Waals surface area contributed by atoms with Crippen LogP contribution in [-0.4, -0.2) is 52.0 Å². The normalized spacial score (nSPS) is 23.3. The molecule has 2 bridgehead atoms. The number of aliphatic hydroxyl groups is 1. The zero-order valence-electron chi connectivity index (χ0n) is 14.7. The summed E-state index contributed by atoms with van der Waals surface area (Å²) in [5.41, 5.74) is 2.12. The fraction of sp³-hybridized carbons (Fsp3) is 0.450. The third kappa shape index (κ3) is 3.61. The third-order valence-electron chi connectivity index (χ3n) is 5.43. The van der Waals surface area contributed by atoms with Crippen molar-refractivity contribution in [1.82, 2.24) is 9.47 Å². The molecule has 138 valence electrons. The molecule has 3 atom stereocenters. The number of nitrogens with one attached hydrogen (secondary N) is 1. The molecule has 26 heavy (non-hydrogen) atoms. The Morgan fingerprint density at radius 3 is 2.73 bits per heavy atom. The molecule has 1 aromatic heterocycles. The Morgan fingerprint density at radius 1 is 1.12 bits per heavy atom. The number of aliphatic hydroxyl groups excluding tert-OH is 1. The minimum atomic E-state index is -0.472. The van der Waals surface area contributed by atoms with E-state index < -0.39 is 6.10 Å². The lowest BCUT2D eigenvalue weighted by Gasteiger charge is -2.43. The molecule has 1 aromatic carbocycles. The number of β-amino-alcohol motifs (C(OH)–C–C–N with tert-alkyl or cyclic N) is 1. The molecule has 0 aliphatic carbocycles. The number of nitrogens with zero attached hydrogens (tertiary/aromatic N) is 2. The molecule has 3 heterocycles. The first-order valence-electron chi connectivity index (χ1n) is 9.21. The number of piperidine rings is 1. The number of benzene rings is 1. The highest BCUT2D eigenvalue weighted by Gasteiger charge is 2.34. The first-order valence-corrected chi connectivity index (χ1v) is 9.21. The van der Waals surface area contributed by atoms with Crippen molar-refractivity contribution in [3.63, 3.8) is 0 Å². The van der Waals surface area contributed by atoms with Crippen LogP contribution in [0.1, 0.15) is 18.0 Å². The number of anilines is 1. The maximum atomic E-state index is 12.1. The summed E-state index contributed by atoms with van der Waals surface area (Å²) in [6.45, 7) is 3.68. The molecule has 1 fully saturated rings. The van der Waals surface area contributed by atoms with Crippen molar-refractivity contribution in [2.45, 2.75) is 25.0 Å². The SMILES string of the molecule is O=c1cccc2n1C[C@H]1C[C@H]2CN(CC(O)CNc2ccc(O)cc2)C1. The summed E-state index contributed by atoms with van der Waals surface area (Å²) in [5.74, 6) is 1.07. The summed E-state index contributed by atoms with van der Waals surface area (Å²) in [5, 5.41) is 22.9. The number of hydrogen-bond donors (Lipinski definition) is 3. The lowest BCUT2D eigenvalue weighted by molar-refractivity contribution is 0.0676. The van der Waals surface area contributed by atoms with Crippen LogP contribution in [0.3, 0.4) is 0 Å². The van der Waals surface area contributed by atoms with Crippen LogP contribution < -0.4 is 10.9 Å². The molecule has 2 aromatic rings. The Labute approximate surface area is 152 Å². The number of phenolic OH excluding ortho intramolecular Hbond substituents is 1. The average Bonchev–Trinajstić information content (AvgIpc) is 2.62. The van der Waals surface area contributed by atoms with Crippen LogP contribution in [0.15, 0.2) is 47.3 Å². The molecule has 0 radical (unpaired) electrons. The van der Waals surface area contributed by atoms with Gasteiger partial charge in [0.15, 0.2) is 0 Å². The Kier molecular flexibility index (Phi) is 4.70. The second kappa shape index (κ2) is 7.13. The van der Waals surface area contributed by atoms with Crippen LogP contribution >= 0.6 is 0 Å². The van der Waals surface area contributed by atoms with E-state index in [1.807, 2.05) is 10.6 Å². The van der Waals surface area contributed by atoms with Gasteiger partial charge in [-0.25, -0.2) is 0 Å². The zero-order valence-corrected chi connectivity index (χ0v) is 14.7. The Morgan fingerprint density at radius 2 is 1.92 bits per heavy atom. The largest absolute Gasteiger partial charge is 0.508 e. The van der Waals surface area contributed by atoms with E-state index in [9.17, 15) is 15.0 Å². The molecular weight excluding hydrogens is 330 g/mol. The maximum Gasteiger partial charge on any atom is 0.250 e. The maximum absolute atomic E-state index is 12.1. The van der Waals surface area contributed by atoms with Crippen LogP contribution in [0.4, 0.5) is 5.69 Å². The van der Waals surface area contributed by atoms with E-state index in [0.717, 1.165) is 37.4 Å². The molecular formula is C20H25N3O3. The van der Waals surface area contributed by atoms with Crippen molar-refractivity contribution in [2.75, 3.05) is 31.5 Å². The van der Waals surface area contributed by atoms with Crippen molar-refractivity contribution in [3.8, 4) is 5.75 Å². The molecule has 0 spiro atoms. The first-order chi connectivity index (χ1) is 12.6. The van der Waals surface area contributed by atoms with Gasteiger partial charge in [-0.05, 0) is 42.7 Å². The van der Waals surface area contributed by atoms with Gasteiger partial charge in [0, 0.05) is 56.1 Å². The lowest BCUT2D eigenvalue weighted by atomic mass is 9.83. The third-order valence-corrected chi connectivity index (χ3v) is 5.43. The Hall–Kier alpha value is -2.31. The summed E-state index contributed by atoms with van der Waals surface area (Å²) < 4.78 is 1.93. The van der Waals surface area contributed by atoms with E-state index in [0.29, 0.717) is 24.9 Å². The summed E-state index contributed by atoms with van der Waals surface area (Å²) in [6.07, 6.45) is 0.655. The van der Waals surface area contributed by atoms with E-state index in [1.54, 1.807) is 30.3 Å². The van der Waals surface area contributed by atoms with E-state index >= 15 is 0 Å². The number of aromatic hydroxyl groups is 1. The number of fused-ring (bicyclic) bond motifs is 4. The van der Waals surface area contributed by atoms with E-state index in [1.165, 1.54) is 0 Å². The fourth-order valence-electron chi connectivity index (χ4n) is 4.32. The first kappa shape index (κ1) is 17.1. The highest BCUT2D eigenvalue weighted by Crippen LogP contribution is 2.34. The van der Waals surface area contributed by atoms with Gasteiger partial charge < -0.3 is 20.1 Å². The summed E-state index contributed by atoms with van der Waals surface area (Å²) >= 11 is 0. The van der Waals surface area contributed by atoms with E-state index in [-0.39, 0.29) is 11.3 Å². The topological polar surface area (TPSA) is 77.7 Å². The molecule has 1 unspecified atom stereocenters. The van der Waals surface area contributed by atoms with Gasteiger partial charge in [0.25, 0.3) is 5.56 Å². The molecule has 4 rings (SSSR count). The van der Waals surface area contributed by atoms with Crippen molar-refractivity contribution in [3.05, 3.63) is 58.5 Å². The minimum Gasteiger partial charge on any atom is -0.508 e. The standard InChI is InChI=1S/C20H25N3O3/c24-17-6-4-16(5-7-17)21-9-18(25)13-22-10-14-8-15(12-22)19-2-1-3-20(26)23(19)11-14/h1-7,14-15,18,21,24-25H,8-13H2/t14-,15-,18?/m0/s1. The van der Waals surface area contributed by atoms with Crippen LogP contribution in [0.5, 0.6) is 5.75 Å². The monoisotopic (exact) mass is 355 g/mol. The van der Waals surface area contributed by atoms with Crippen molar-refractivity contribution in [2.24, 2.45) is 5.92 Å². The van der Waals surface area contributed by atoms with Gasteiger partial charge in [-0.15, -0.1) is 0 Å². The predicted molar refractivity (Wildman–Crippen MR) is 101 cm³/mol.